The molecule has 5 heteroatoms. The summed E-state index contributed by atoms with van der Waals surface area (Å²) in [6, 6.07) is 7.67. The van der Waals surface area contributed by atoms with E-state index in [1.165, 1.54) is 48.6 Å². The largest absolute Gasteiger partial charge is 0.472 e. The van der Waals surface area contributed by atoms with Crippen molar-refractivity contribution < 1.29 is 9.21 Å². The molecule has 3 heterocycles. The van der Waals surface area contributed by atoms with Crippen LogP contribution >= 0.6 is 11.3 Å². The zero-order chi connectivity index (χ0) is 19.5. The zero-order valence-electron chi connectivity index (χ0n) is 16.4. The Morgan fingerprint density at radius 3 is 2.75 bits per heavy atom. The fourth-order valence-electron chi connectivity index (χ4n) is 4.29. The molecular formula is C23H28N2O2S. The van der Waals surface area contributed by atoms with Crippen LogP contribution in [0.2, 0.25) is 0 Å². The molecule has 2 N–H and O–H groups in total. The number of furan rings is 1. The number of carbonyl (C=O) groups is 1. The molecule has 0 atom stereocenters. The number of piperidine rings is 1. The highest BCUT2D eigenvalue weighted by atomic mass is 32.1. The van der Waals surface area contributed by atoms with Gasteiger partial charge in [0.1, 0.15) is 6.26 Å². The highest BCUT2D eigenvalue weighted by Crippen LogP contribution is 2.42. The molecule has 1 fully saturated rings. The molecular weight excluding hydrogens is 368 g/mol. The normalized spacial score (nSPS) is 16.0. The Morgan fingerprint density at radius 2 is 2.04 bits per heavy atom. The third-order valence-corrected chi connectivity index (χ3v) is 6.89. The van der Waals surface area contributed by atoms with Crippen molar-refractivity contribution in [3.05, 3.63) is 53.5 Å². The first kappa shape index (κ1) is 19.2. The quantitative estimate of drug-likeness (QED) is 0.412. The lowest BCUT2D eigenvalue weighted by molar-refractivity contribution is 0.103. The number of likely N-dealkylation sites (tertiary alicyclic amines) is 1. The van der Waals surface area contributed by atoms with Gasteiger partial charge in [-0.2, -0.15) is 0 Å². The third-order valence-electron chi connectivity index (χ3n) is 5.87. The van der Waals surface area contributed by atoms with Gasteiger partial charge in [-0.05, 0) is 80.0 Å². The first-order chi connectivity index (χ1) is 13.7. The molecule has 4 nitrogen and oxygen atoms in total. The van der Waals surface area contributed by atoms with E-state index in [4.69, 9.17) is 10.2 Å². The van der Waals surface area contributed by atoms with Gasteiger partial charge in [-0.25, -0.2) is 0 Å². The number of hydrogen-bond donors (Lipinski definition) is 1. The lowest BCUT2D eigenvalue weighted by atomic mass is 9.88. The summed E-state index contributed by atoms with van der Waals surface area (Å²) in [7, 11) is 0. The van der Waals surface area contributed by atoms with Gasteiger partial charge < -0.3 is 15.1 Å². The molecule has 28 heavy (non-hydrogen) atoms. The van der Waals surface area contributed by atoms with E-state index < -0.39 is 0 Å². The fourth-order valence-corrected chi connectivity index (χ4v) is 5.33. The summed E-state index contributed by atoms with van der Waals surface area (Å²) in [5.41, 5.74) is 8.99. The lowest BCUT2D eigenvalue weighted by Crippen LogP contribution is -2.33. The average molecular weight is 397 g/mol. The Hall–Kier alpha value is -2.11. The number of unbranched alkanes of at least 4 members (excludes halogenated alkanes) is 2. The number of nitrogens with two attached hydrogens (primary N) is 1. The van der Waals surface area contributed by atoms with Gasteiger partial charge in [0.2, 0.25) is 0 Å². The molecule has 1 aliphatic rings. The molecule has 1 saturated heterocycles. The van der Waals surface area contributed by atoms with Crippen LogP contribution in [0.25, 0.3) is 10.1 Å². The highest BCUT2D eigenvalue weighted by molar-refractivity contribution is 7.22. The zero-order valence-corrected chi connectivity index (χ0v) is 17.3. The van der Waals surface area contributed by atoms with Gasteiger partial charge in [-0.1, -0.05) is 19.8 Å². The molecule has 1 aliphatic heterocycles. The number of rotatable bonds is 7. The number of anilines is 1. The van der Waals surface area contributed by atoms with Crippen LogP contribution in [0.15, 0.2) is 41.2 Å². The second-order valence-corrected chi connectivity index (χ2v) is 8.84. The summed E-state index contributed by atoms with van der Waals surface area (Å²) < 4.78 is 6.24. The summed E-state index contributed by atoms with van der Waals surface area (Å²) in [5, 5.41) is 2.06. The number of ketones is 1. The van der Waals surface area contributed by atoms with Gasteiger partial charge in [0.05, 0.1) is 16.8 Å². The van der Waals surface area contributed by atoms with Crippen molar-refractivity contribution in [2.24, 2.45) is 0 Å². The van der Waals surface area contributed by atoms with Gasteiger partial charge in [-0.3, -0.25) is 4.79 Å². The molecule has 148 valence electrons. The minimum atomic E-state index is -0.00267. The van der Waals surface area contributed by atoms with Crippen LogP contribution in [0.3, 0.4) is 0 Å². The summed E-state index contributed by atoms with van der Waals surface area (Å²) in [4.78, 5) is 15.3. The highest BCUT2D eigenvalue weighted by Gasteiger charge is 2.25. The SMILES string of the molecule is CCCCCN1CCC(c2c(N)sc3ccc(C(=O)c4ccoc4)cc23)CC1. The van der Waals surface area contributed by atoms with Crippen LogP contribution in [-0.2, 0) is 0 Å². The van der Waals surface area contributed by atoms with Crippen molar-refractivity contribution in [2.45, 2.75) is 44.9 Å². The van der Waals surface area contributed by atoms with E-state index in [2.05, 4.69) is 11.8 Å². The van der Waals surface area contributed by atoms with Gasteiger partial charge in [0.25, 0.3) is 0 Å². The Morgan fingerprint density at radius 1 is 1.21 bits per heavy atom. The predicted molar refractivity (Wildman–Crippen MR) is 116 cm³/mol. The van der Waals surface area contributed by atoms with E-state index in [9.17, 15) is 4.79 Å². The van der Waals surface area contributed by atoms with E-state index in [0.29, 0.717) is 17.0 Å². The topological polar surface area (TPSA) is 59.5 Å². The van der Waals surface area contributed by atoms with Gasteiger partial charge in [-0.15, -0.1) is 11.3 Å². The fraction of sp³-hybridized carbons (Fsp3) is 0.435. The summed E-state index contributed by atoms with van der Waals surface area (Å²) >= 11 is 1.64. The molecule has 0 radical (unpaired) electrons. The van der Waals surface area contributed by atoms with Crippen LogP contribution in [0.4, 0.5) is 5.00 Å². The second kappa shape index (κ2) is 8.50. The average Bonchev–Trinajstić information content (AvgIpc) is 3.35. The molecule has 0 saturated carbocycles. The van der Waals surface area contributed by atoms with E-state index in [0.717, 1.165) is 36.3 Å². The molecule has 2 aromatic heterocycles. The third kappa shape index (κ3) is 3.87. The van der Waals surface area contributed by atoms with Crippen molar-refractivity contribution in [1.29, 1.82) is 0 Å². The number of benzene rings is 1. The number of hydrogen-bond acceptors (Lipinski definition) is 5. The van der Waals surface area contributed by atoms with E-state index in [-0.39, 0.29) is 5.78 Å². The first-order valence-corrected chi connectivity index (χ1v) is 11.1. The molecule has 0 amide bonds. The minimum Gasteiger partial charge on any atom is -0.472 e. The lowest BCUT2D eigenvalue weighted by Gasteiger charge is -2.32. The van der Waals surface area contributed by atoms with E-state index >= 15 is 0 Å². The molecule has 4 rings (SSSR count). The minimum absolute atomic E-state index is 0.00267. The molecule has 1 aromatic carbocycles. The van der Waals surface area contributed by atoms with Crippen LogP contribution < -0.4 is 5.73 Å². The Kier molecular flexibility index (Phi) is 5.83. The predicted octanol–water partition coefficient (Wildman–Crippen LogP) is 5.68. The van der Waals surface area contributed by atoms with Crippen molar-refractivity contribution in [3.63, 3.8) is 0 Å². The van der Waals surface area contributed by atoms with Crippen LogP contribution in [0, 0.1) is 0 Å². The van der Waals surface area contributed by atoms with Crippen LogP contribution in [0.1, 0.15) is 66.4 Å². The van der Waals surface area contributed by atoms with Gasteiger partial charge >= 0.3 is 0 Å². The van der Waals surface area contributed by atoms with Gasteiger partial charge in [0.15, 0.2) is 5.78 Å². The molecule has 0 unspecified atom stereocenters. The standard InChI is InChI=1S/C23H28N2O2S/c1-2-3-4-10-25-11-7-16(8-12-25)21-19-14-17(5-6-20(19)28-23(21)24)22(26)18-9-13-27-15-18/h5-6,9,13-16H,2-4,7-8,10-12,24H2,1H3. The van der Waals surface area contributed by atoms with Crippen LogP contribution in [-0.4, -0.2) is 30.3 Å². The van der Waals surface area contributed by atoms with Crippen molar-refractivity contribution in [3.8, 4) is 0 Å². The van der Waals surface area contributed by atoms with Crippen molar-refractivity contribution in [1.82, 2.24) is 4.90 Å². The number of thiophene rings is 1. The van der Waals surface area contributed by atoms with Crippen molar-refractivity contribution in [2.75, 3.05) is 25.4 Å². The summed E-state index contributed by atoms with van der Waals surface area (Å²) in [5.74, 6) is 0.479. The molecule has 0 spiro atoms. The first-order valence-electron chi connectivity index (χ1n) is 10.3. The maximum atomic E-state index is 12.7. The monoisotopic (exact) mass is 396 g/mol. The molecule has 0 aliphatic carbocycles. The van der Waals surface area contributed by atoms with Crippen LogP contribution in [0.5, 0.6) is 0 Å². The summed E-state index contributed by atoms with van der Waals surface area (Å²) in [6.45, 7) is 5.74. The van der Waals surface area contributed by atoms with E-state index in [1.54, 1.807) is 17.4 Å². The smallest absolute Gasteiger partial charge is 0.196 e. The van der Waals surface area contributed by atoms with Crippen molar-refractivity contribution >= 4 is 32.2 Å². The Bertz CT molecular complexity index is 937. The molecule has 3 aromatic rings. The Balaban J connectivity index is 1.55. The summed E-state index contributed by atoms with van der Waals surface area (Å²) in [6.07, 6.45) is 9.20. The number of fused-ring (bicyclic) bond motifs is 1. The second-order valence-electron chi connectivity index (χ2n) is 7.76. The van der Waals surface area contributed by atoms with Gasteiger partial charge in [0, 0.05) is 10.3 Å². The maximum Gasteiger partial charge on any atom is 0.196 e. The molecule has 0 bridgehead atoms. The number of nitrogen functional groups attached to an aromatic ring is 1. The van der Waals surface area contributed by atoms with E-state index in [1.807, 2.05) is 18.2 Å². The number of nitrogens with zero attached hydrogens (tertiary/aromatic N) is 1. The Labute approximate surface area is 170 Å². The number of carbonyl (C=O) groups excluding carboxylic acids is 1. The maximum absolute atomic E-state index is 12.7.